The maximum Gasteiger partial charge on any atom is 0.227 e. The van der Waals surface area contributed by atoms with Crippen LogP contribution < -0.4 is 10.6 Å². The van der Waals surface area contributed by atoms with Crippen LogP contribution in [0.5, 0.6) is 0 Å². The minimum absolute atomic E-state index is 0.0494. The summed E-state index contributed by atoms with van der Waals surface area (Å²) in [7, 11) is 0. The first-order valence-corrected chi connectivity index (χ1v) is 6.60. The summed E-state index contributed by atoms with van der Waals surface area (Å²) in [6.07, 6.45) is 3.92. The predicted octanol–water partition coefficient (Wildman–Crippen LogP) is 1.57. The third-order valence-electron chi connectivity index (χ3n) is 2.62. The fourth-order valence-electron chi connectivity index (χ4n) is 1.80. The van der Waals surface area contributed by atoms with Crippen molar-refractivity contribution in [1.29, 1.82) is 0 Å². The van der Waals surface area contributed by atoms with Crippen LogP contribution in [0.25, 0.3) is 0 Å². The minimum atomic E-state index is 0.0494. The number of amides is 1. The van der Waals surface area contributed by atoms with Gasteiger partial charge in [0.25, 0.3) is 0 Å². The molecule has 0 aliphatic heterocycles. The van der Waals surface area contributed by atoms with Gasteiger partial charge in [0, 0.05) is 17.8 Å². The Hall–Kier alpha value is -0.940. The van der Waals surface area contributed by atoms with E-state index in [2.05, 4.69) is 15.6 Å². The van der Waals surface area contributed by atoms with Gasteiger partial charge in [-0.05, 0) is 25.8 Å². The number of carbonyl (C=O) groups excluding carboxylic acids is 1. The molecule has 88 valence electrons. The number of fused-ring (bicyclic) bond motifs is 1. The van der Waals surface area contributed by atoms with Gasteiger partial charge in [0.2, 0.25) is 5.91 Å². The fourth-order valence-corrected chi connectivity index (χ4v) is 2.87. The Kier molecular flexibility index (Phi) is 3.90. The maximum atomic E-state index is 11.5. The Bertz CT molecular complexity index is 354. The summed E-state index contributed by atoms with van der Waals surface area (Å²) in [5.74, 6) is 0.0494. The topological polar surface area (TPSA) is 54.0 Å². The van der Waals surface area contributed by atoms with Gasteiger partial charge in [-0.2, -0.15) is 0 Å². The first-order chi connectivity index (χ1) is 7.79. The average Bonchev–Trinajstić information content (AvgIpc) is 2.78. The number of anilines is 1. The molecular formula is C11H17N3OS. The highest BCUT2D eigenvalue weighted by Gasteiger charge is 2.17. The molecule has 4 nitrogen and oxygen atoms in total. The summed E-state index contributed by atoms with van der Waals surface area (Å²) in [5, 5.41) is 6.75. The summed E-state index contributed by atoms with van der Waals surface area (Å²) in [5.41, 5.74) is 1.19. The molecule has 2 N–H and O–H groups in total. The number of aromatic nitrogens is 1. The number of nitrogens with one attached hydrogen (secondary N) is 2. The second kappa shape index (κ2) is 5.41. The highest BCUT2D eigenvalue weighted by molar-refractivity contribution is 7.15. The molecule has 16 heavy (non-hydrogen) atoms. The van der Waals surface area contributed by atoms with Crippen LogP contribution in [0, 0.1) is 0 Å². The third-order valence-corrected chi connectivity index (χ3v) is 3.69. The van der Waals surface area contributed by atoms with E-state index >= 15 is 0 Å². The highest BCUT2D eigenvalue weighted by atomic mass is 32.1. The maximum absolute atomic E-state index is 11.5. The van der Waals surface area contributed by atoms with Crippen molar-refractivity contribution < 1.29 is 4.79 Å². The van der Waals surface area contributed by atoms with Crippen molar-refractivity contribution in [3.8, 4) is 0 Å². The molecule has 0 atom stereocenters. The molecule has 1 amide bonds. The van der Waals surface area contributed by atoms with Crippen LogP contribution in [-0.4, -0.2) is 24.0 Å². The van der Waals surface area contributed by atoms with Crippen molar-refractivity contribution in [2.75, 3.05) is 18.4 Å². The predicted molar refractivity (Wildman–Crippen MR) is 65.9 cm³/mol. The van der Waals surface area contributed by atoms with Crippen LogP contribution in [0.4, 0.5) is 5.13 Å². The molecule has 1 aromatic rings. The number of aryl methyl sites for hydroxylation is 2. The molecule has 0 spiro atoms. The fraction of sp³-hybridized carbons (Fsp3) is 0.636. The number of thiazole rings is 1. The molecular weight excluding hydrogens is 222 g/mol. The molecule has 0 aromatic carbocycles. The van der Waals surface area contributed by atoms with Crippen LogP contribution in [-0.2, 0) is 17.6 Å². The van der Waals surface area contributed by atoms with Gasteiger partial charge >= 0.3 is 0 Å². The largest absolute Gasteiger partial charge is 0.316 e. The van der Waals surface area contributed by atoms with Crippen molar-refractivity contribution in [2.24, 2.45) is 0 Å². The van der Waals surface area contributed by atoms with Crippen molar-refractivity contribution in [2.45, 2.75) is 32.6 Å². The van der Waals surface area contributed by atoms with Crippen LogP contribution in [0.1, 0.15) is 30.3 Å². The Morgan fingerprint density at radius 2 is 2.38 bits per heavy atom. The molecule has 1 aliphatic carbocycles. The van der Waals surface area contributed by atoms with Gasteiger partial charge in [-0.1, -0.05) is 6.92 Å². The summed E-state index contributed by atoms with van der Waals surface area (Å²) in [6.45, 7) is 3.66. The monoisotopic (exact) mass is 239 g/mol. The number of nitrogens with zero attached hydrogens (tertiary/aromatic N) is 1. The summed E-state index contributed by atoms with van der Waals surface area (Å²) >= 11 is 1.63. The van der Waals surface area contributed by atoms with Crippen molar-refractivity contribution in [3.63, 3.8) is 0 Å². The van der Waals surface area contributed by atoms with E-state index in [4.69, 9.17) is 0 Å². The lowest BCUT2D eigenvalue weighted by Crippen LogP contribution is -2.21. The van der Waals surface area contributed by atoms with Crippen molar-refractivity contribution >= 4 is 22.4 Å². The smallest absolute Gasteiger partial charge is 0.227 e. The number of hydrogen-bond acceptors (Lipinski definition) is 4. The third kappa shape index (κ3) is 2.80. The van der Waals surface area contributed by atoms with Crippen molar-refractivity contribution in [1.82, 2.24) is 10.3 Å². The normalized spacial score (nSPS) is 13.8. The zero-order valence-electron chi connectivity index (χ0n) is 9.51. The molecule has 1 aromatic heterocycles. The van der Waals surface area contributed by atoms with E-state index in [0.717, 1.165) is 31.1 Å². The van der Waals surface area contributed by atoms with Gasteiger partial charge in [-0.15, -0.1) is 11.3 Å². The van der Waals surface area contributed by atoms with Crippen molar-refractivity contribution in [3.05, 3.63) is 10.6 Å². The lowest BCUT2D eigenvalue weighted by molar-refractivity contribution is -0.116. The van der Waals surface area contributed by atoms with Gasteiger partial charge in [-0.25, -0.2) is 4.98 Å². The van der Waals surface area contributed by atoms with Gasteiger partial charge in [0.1, 0.15) is 0 Å². The lowest BCUT2D eigenvalue weighted by atomic mass is 10.4. The van der Waals surface area contributed by atoms with Gasteiger partial charge in [0.15, 0.2) is 5.13 Å². The Morgan fingerprint density at radius 1 is 1.50 bits per heavy atom. The zero-order chi connectivity index (χ0) is 11.4. The SMILES string of the molecule is CCNCCC(=O)Nc1nc2c(s1)CCC2. The lowest BCUT2D eigenvalue weighted by Gasteiger charge is -2.01. The Labute approximate surface area is 99.5 Å². The standard InChI is InChI=1S/C11H17N3OS/c1-2-12-7-6-10(15)14-11-13-8-4-3-5-9(8)16-11/h12H,2-7H2,1H3,(H,13,14,15). The summed E-state index contributed by atoms with van der Waals surface area (Å²) < 4.78 is 0. The molecule has 0 radical (unpaired) electrons. The number of rotatable bonds is 5. The number of hydrogen-bond donors (Lipinski definition) is 2. The molecule has 2 rings (SSSR count). The minimum Gasteiger partial charge on any atom is -0.316 e. The van der Waals surface area contributed by atoms with E-state index in [1.807, 2.05) is 6.92 Å². The molecule has 0 saturated carbocycles. The van der Waals surface area contributed by atoms with Crippen LogP contribution in [0.15, 0.2) is 0 Å². The average molecular weight is 239 g/mol. The molecule has 0 saturated heterocycles. The number of carbonyl (C=O) groups is 1. The second-order valence-corrected chi connectivity index (χ2v) is 4.98. The molecule has 1 aliphatic rings. The quantitative estimate of drug-likeness (QED) is 0.767. The van der Waals surface area contributed by atoms with E-state index in [1.54, 1.807) is 11.3 Å². The Balaban J connectivity index is 1.82. The van der Waals surface area contributed by atoms with Crippen LogP contribution >= 0.6 is 11.3 Å². The van der Waals surface area contributed by atoms with Gasteiger partial charge in [-0.3, -0.25) is 4.79 Å². The molecule has 1 heterocycles. The first-order valence-electron chi connectivity index (χ1n) is 5.78. The molecule has 5 heteroatoms. The Morgan fingerprint density at radius 3 is 3.12 bits per heavy atom. The van der Waals surface area contributed by atoms with E-state index < -0.39 is 0 Å². The molecule has 0 bridgehead atoms. The van der Waals surface area contributed by atoms with Crippen LogP contribution in [0.3, 0.4) is 0 Å². The van der Waals surface area contributed by atoms with E-state index in [-0.39, 0.29) is 5.91 Å². The van der Waals surface area contributed by atoms with Gasteiger partial charge in [0.05, 0.1) is 5.69 Å². The van der Waals surface area contributed by atoms with Crippen LogP contribution in [0.2, 0.25) is 0 Å². The molecule has 0 fully saturated rings. The highest BCUT2D eigenvalue weighted by Crippen LogP contribution is 2.30. The van der Waals surface area contributed by atoms with Gasteiger partial charge < -0.3 is 10.6 Å². The molecule has 0 unspecified atom stereocenters. The first kappa shape index (κ1) is 11.5. The van der Waals surface area contributed by atoms with E-state index in [1.165, 1.54) is 17.0 Å². The second-order valence-electron chi connectivity index (χ2n) is 3.89. The van der Waals surface area contributed by atoms with E-state index in [9.17, 15) is 4.79 Å². The summed E-state index contributed by atoms with van der Waals surface area (Å²) in [4.78, 5) is 17.3. The van der Waals surface area contributed by atoms with E-state index in [0.29, 0.717) is 6.42 Å². The summed E-state index contributed by atoms with van der Waals surface area (Å²) in [6, 6.07) is 0. The zero-order valence-corrected chi connectivity index (χ0v) is 10.3.